The Balaban J connectivity index is 1.44. The van der Waals surface area contributed by atoms with E-state index in [0.717, 1.165) is 27.7 Å². The molecule has 0 spiro atoms. The van der Waals surface area contributed by atoms with Gasteiger partial charge in [-0.05, 0) is 35.2 Å². The number of amides is 1. The molecule has 5 aromatic rings. The number of rotatable bonds is 7. The second kappa shape index (κ2) is 9.76. The Morgan fingerprint density at radius 2 is 1.31 bits per heavy atom. The minimum absolute atomic E-state index is 0.126. The van der Waals surface area contributed by atoms with Crippen molar-refractivity contribution < 1.29 is 4.79 Å². The number of hydrogen-bond acceptors (Lipinski definition) is 4. The van der Waals surface area contributed by atoms with Crippen LogP contribution in [0.15, 0.2) is 115 Å². The standard InChI is InChI=1S/C30H27N5O/c36-30-28(20-23-12-4-1-5-13-23)34(22-35-27-19-11-10-18-26(27)31-32-35)29(25-16-8-3-9-17-25)33(30)21-24-14-6-2-7-15-24/h1-19,28-29H,20-22H2/t28-,29-/m0/s1. The van der Waals surface area contributed by atoms with Crippen molar-refractivity contribution in [2.45, 2.75) is 31.8 Å². The van der Waals surface area contributed by atoms with Gasteiger partial charge >= 0.3 is 0 Å². The van der Waals surface area contributed by atoms with Crippen molar-refractivity contribution >= 4 is 16.9 Å². The van der Waals surface area contributed by atoms with Crippen molar-refractivity contribution in [2.75, 3.05) is 0 Å². The molecule has 6 nitrogen and oxygen atoms in total. The maximum absolute atomic E-state index is 14.1. The van der Waals surface area contributed by atoms with Gasteiger partial charge in [0, 0.05) is 6.54 Å². The van der Waals surface area contributed by atoms with Crippen LogP contribution >= 0.6 is 0 Å². The van der Waals surface area contributed by atoms with Gasteiger partial charge < -0.3 is 4.90 Å². The summed E-state index contributed by atoms with van der Waals surface area (Å²) in [6, 6.07) is 38.4. The number of benzene rings is 4. The van der Waals surface area contributed by atoms with Crippen LogP contribution in [0.4, 0.5) is 0 Å². The van der Waals surface area contributed by atoms with E-state index in [2.05, 4.69) is 51.6 Å². The zero-order valence-electron chi connectivity index (χ0n) is 19.9. The Hall–Kier alpha value is -4.29. The van der Waals surface area contributed by atoms with Crippen LogP contribution < -0.4 is 0 Å². The summed E-state index contributed by atoms with van der Waals surface area (Å²) in [6.45, 7) is 0.994. The molecule has 1 amide bonds. The highest BCUT2D eigenvalue weighted by Crippen LogP contribution is 2.37. The highest BCUT2D eigenvalue weighted by atomic mass is 16.2. The van der Waals surface area contributed by atoms with Crippen LogP contribution in [0.3, 0.4) is 0 Å². The van der Waals surface area contributed by atoms with Crippen LogP contribution in [0.5, 0.6) is 0 Å². The van der Waals surface area contributed by atoms with Gasteiger partial charge in [-0.3, -0.25) is 4.79 Å². The zero-order chi connectivity index (χ0) is 24.3. The minimum atomic E-state index is -0.329. The van der Waals surface area contributed by atoms with Crippen molar-refractivity contribution in [3.63, 3.8) is 0 Å². The van der Waals surface area contributed by atoms with E-state index in [4.69, 9.17) is 0 Å². The van der Waals surface area contributed by atoms with Crippen molar-refractivity contribution in [3.8, 4) is 0 Å². The molecule has 2 heterocycles. The van der Waals surface area contributed by atoms with Crippen LogP contribution in [-0.4, -0.2) is 36.7 Å². The average molecular weight is 474 g/mol. The first-order chi connectivity index (χ1) is 17.8. The lowest BCUT2D eigenvalue weighted by Crippen LogP contribution is -2.38. The molecule has 6 heteroatoms. The van der Waals surface area contributed by atoms with Crippen molar-refractivity contribution in [2.24, 2.45) is 0 Å². The van der Waals surface area contributed by atoms with Gasteiger partial charge in [-0.25, -0.2) is 9.58 Å². The number of fused-ring (bicyclic) bond motifs is 1. The second-order valence-electron chi connectivity index (χ2n) is 9.17. The van der Waals surface area contributed by atoms with E-state index in [1.807, 2.05) is 88.4 Å². The lowest BCUT2D eigenvalue weighted by Gasteiger charge is -2.31. The van der Waals surface area contributed by atoms with Crippen LogP contribution in [0.2, 0.25) is 0 Å². The fourth-order valence-electron chi connectivity index (χ4n) is 5.14. The molecule has 0 saturated carbocycles. The van der Waals surface area contributed by atoms with E-state index < -0.39 is 0 Å². The Morgan fingerprint density at radius 1 is 0.694 bits per heavy atom. The highest BCUT2D eigenvalue weighted by molar-refractivity contribution is 5.85. The number of aromatic nitrogens is 3. The molecule has 4 aromatic carbocycles. The van der Waals surface area contributed by atoms with Crippen LogP contribution in [0.1, 0.15) is 22.9 Å². The maximum Gasteiger partial charge on any atom is 0.242 e. The van der Waals surface area contributed by atoms with E-state index in [1.165, 1.54) is 0 Å². The molecule has 2 atom stereocenters. The van der Waals surface area contributed by atoms with Crippen molar-refractivity contribution in [3.05, 3.63) is 132 Å². The minimum Gasteiger partial charge on any atom is -0.317 e. The van der Waals surface area contributed by atoms with Crippen LogP contribution in [0, 0.1) is 0 Å². The Morgan fingerprint density at radius 3 is 2.03 bits per heavy atom. The first-order valence-corrected chi connectivity index (χ1v) is 12.3. The Labute approximate surface area is 210 Å². The number of nitrogens with zero attached hydrogens (tertiary/aromatic N) is 5. The summed E-state index contributed by atoms with van der Waals surface area (Å²) < 4.78 is 1.91. The highest BCUT2D eigenvalue weighted by Gasteiger charge is 2.46. The lowest BCUT2D eigenvalue weighted by atomic mass is 10.0. The first-order valence-electron chi connectivity index (χ1n) is 12.3. The number of carbonyl (C=O) groups is 1. The van der Waals surface area contributed by atoms with Gasteiger partial charge in [0.05, 0.1) is 18.2 Å². The average Bonchev–Trinajstić information content (AvgIpc) is 3.45. The summed E-state index contributed by atoms with van der Waals surface area (Å²) in [4.78, 5) is 18.4. The van der Waals surface area contributed by atoms with Gasteiger partial charge in [-0.15, -0.1) is 5.10 Å². The fraction of sp³-hybridized carbons (Fsp3) is 0.167. The second-order valence-corrected chi connectivity index (χ2v) is 9.17. The lowest BCUT2D eigenvalue weighted by molar-refractivity contribution is -0.130. The summed E-state index contributed by atoms with van der Waals surface area (Å²) in [5.74, 6) is 0.126. The van der Waals surface area contributed by atoms with E-state index in [0.29, 0.717) is 19.6 Å². The Kier molecular flexibility index (Phi) is 6.01. The van der Waals surface area contributed by atoms with Gasteiger partial charge in [0.25, 0.3) is 0 Å². The van der Waals surface area contributed by atoms with Gasteiger partial charge in [0.1, 0.15) is 11.7 Å². The molecule has 1 saturated heterocycles. The summed E-state index contributed by atoms with van der Waals surface area (Å²) in [6.07, 6.45) is 0.400. The molecule has 0 bridgehead atoms. The van der Waals surface area contributed by atoms with Gasteiger partial charge in [-0.2, -0.15) is 0 Å². The smallest absolute Gasteiger partial charge is 0.242 e. The van der Waals surface area contributed by atoms with E-state index in [9.17, 15) is 4.79 Å². The van der Waals surface area contributed by atoms with E-state index in [-0.39, 0.29) is 18.1 Å². The molecule has 1 aliphatic heterocycles. The molecule has 1 aromatic heterocycles. The molecule has 0 radical (unpaired) electrons. The normalized spacial score (nSPS) is 18.2. The summed E-state index contributed by atoms with van der Waals surface area (Å²) in [7, 11) is 0. The van der Waals surface area contributed by atoms with E-state index >= 15 is 0 Å². The quantitative estimate of drug-likeness (QED) is 0.332. The molecule has 0 unspecified atom stereocenters. The molecule has 1 aliphatic rings. The third kappa shape index (κ3) is 4.27. The molecule has 6 rings (SSSR count). The number of carbonyl (C=O) groups excluding carboxylic acids is 1. The van der Waals surface area contributed by atoms with Crippen LogP contribution in [-0.2, 0) is 24.4 Å². The molecular formula is C30H27N5O. The molecule has 36 heavy (non-hydrogen) atoms. The van der Waals surface area contributed by atoms with Crippen molar-refractivity contribution in [1.82, 2.24) is 24.8 Å². The van der Waals surface area contributed by atoms with E-state index in [1.54, 1.807) is 0 Å². The number of hydrogen-bond donors (Lipinski definition) is 0. The first kappa shape index (κ1) is 22.2. The summed E-state index contributed by atoms with van der Waals surface area (Å²) in [5.41, 5.74) is 5.13. The molecule has 0 aliphatic carbocycles. The molecule has 178 valence electrons. The van der Waals surface area contributed by atoms with Gasteiger partial charge in [0.15, 0.2) is 0 Å². The number of para-hydroxylation sites is 1. The third-order valence-corrected chi connectivity index (χ3v) is 6.86. The summed E-state index contributed by atoms with van der Waals surface area (Å²) in [5, 5.41) is 8.82. The predicted molar refractivity (Wildman–Crippen MR) is 139 cm³/mol. The topological polar surface area (TPSA) is 54.3 Å². The fourth-order valence-corrected chi connectivity index (χ4v) is 5.14. The summed E-state index contributed by atoms with van der Waals surface area (Å²) >= 11 is 0. The molecule has 1 fully saturated rings. The SMILES string of the molecule is O=C1[C@H](Cc2ccccc2)N(Cn2nnc3ccccc32)[C@@H](c2ccccc2)N1Cc1ccccc1. The Bertz CT molecular complexity index is 1450. The zero-order valence-corrected chi connectivity index (χ0v) is 19.9. The van der Waals surface area contributed by atoms with Crippen LogP contribution in [0.25, 0.3) is 11.0 Å². The van der Waals surface area contributed by atoms with Crippen molar-refractivity contribution in [1.29, 1.82) is 0 Å². The molecule has 0 N–H and O–H groups in total. The van der Waals surface area contributed by atoms with Gasteiger partial charge in [-0.1, -0.05) is 108 Å². The monoisotopic (exact) mass is 473 g/mol. The van der Waals surface area contributed by atoms with Gasteiger partial charge in [0.2, 0.25) is 5.91 Å². The third-order valence-electron chi connectivity index (χ3n) is 6.86. The maximum atomic E-state index is 14.1. The predicted octanol–water partition coefficient (Wildman–Crippen LogP) is 5.04. The molecular weight excluding hydrogens is 446 g/mol. The largest absolute Gasteiger partial charge is 0.317 e.